The predicted molar refractivity (Wildman–Crippen MR) is 88.0 cm³/mol. The third-order valence-corrected chi connectivity index (χ3v) is 5.00. The molecule has 5 heteroatoms. The molecule has 2 atom stereocenters. The zero-order valence-electron chi connectivity index (χ0n) is 12.7. The van der Waals surface area contributed by atoms with Crippen LogP contribution >= 0.6 is 11.3 Å². The lowest BCUT2D eigenvalue weighted by Crippen LogP contribution is -2.52. The summed E-state index contributed by atoms with van der Waals surface area (Å²) in [6.45, 7) is 5.94. The van der Waals surface area contributed by atoms with E-state index in [0.29, 0.717) is 6.04 Å². The largest absolute Gasteiger partial charge is 0.374 e. The van der Waals surface area contributed by atoms with Crippen LogP contribution in [0.5, 0.6) is 0 Å². The Labute approximate surface area is 130 Å². The Balaban J connectivity index is 1.74. The fraction of sp³-hybridized carbons (Fsp3) is 0.562. The van der Waals surface area contributed by atoms with Crippen LogP contribution in [0.15, 0.2) is 24.3 Å². The van der Waals surface area contributed by atoms with Crippen molar-refractivity contribution in [3.05, 3.63) is 29.3 Å². The molecule has 4 nitrogen and oxygen atoms in total. The van der Waals surface area contributed by atoms with Crippen LogP contribution in [0.2, 0.25) is 0 Å². The van der Waals surface area contributed by atoms with Gasteiger partial charge in [-0.15, -0.1) is 11.3 Å². The summed E-state index contributed by atoms with van der Waals surface area (Å²) in [5, 5.41) is 4.77. The molecule has 0 saturated carbocycles. The number of likely N-dealkylation sites (N-methyl/N-ethyl adjacent to an activating group) is 2. The lowest BCUT2D eigenvalue weighted by atomic mass is 10.1. The van der Waals surface area contributed by atoms with E-state index >= 15 is 0 Å². The van der Waals surface area contributed by atoms with Crippen molar-refractivity contribution in [2.75, 3.05) is 33.3 Å². The highest BCUT2D eigenvalue weighted by Gasteiger charge is 2.27. The number of nitrogens with one attached hydrogen (secondary N) is 1. The molecule has 114 valence electrons. The average Bonchev–Trinajstić information content (AvgIpc) is 2.89. The Morgan fingerprint density at radius 2 is 2.33 bits per heavy atom. The van der Waals surface area contributed by atoms with Gasteiger partial charge in [0.1, 0.15) is 0 Å². The third kappa shape index (κ3) is 3.61. The van der Waals surface area contributed by atoms with E-state index in [1.54, 1.807) is 11.3 Å². The number of morpholine rings is 1. The lowest BCUT2D eigenvalue weighted by molar-refractivity contribution is -0.0381. The molecule has 1 aromatic carbocycles. The minimum Gasteiger partial charge on any atom is -0.374 e. The average molecular weight is 305 g/mol. The summed E-state index contributed by atoms with van der Waals surface area (Å²) in [6.07, 6.45) is 1.18. The van der Waals surface area contributed by atoms with Crippen LogP contribution in [0.1, 0.15) is 11.9 Å². The van der Waals surface area contributed by atoms with Crippen molar-refractivity contribution in [3.63, 3.8) is 0 Å². The number of hydrogen-bond donors (Lipinski definition) is 1. The molecule has 3 rings (SSSR count). The van der Waals surface area contributed by atoms with Gasteiger partial charge in [0.05, 0.1) is 27.9 Å². The minimum absolute atomic E-state index is 0.246. The maximum absolute atomic E-state index is 5.98. The molecule has 1 aliphatic rings. The molecule has 0 spiro atoms. The second-order valence-electron chi connectivity index (χ2n) is 5.62. The van der Waals surface area contributed by atoms with Crippen molar-refractivity contribution in [2.45, 2.75) is 25.5 Å². The number of para-hydroxylation sites is 1. The third-order valence-electron chi connectivity index (χ3n) is 3.94. The Bertz CT molecular complexity index is 553. The van der Waals surface area contributed by atoms with Crippen LogP contribution in [0, 0.1) is 0 Å². The fourth-order valence-electron chi connectivity index (χ4n) is 2.85. The van der Waals surface area contributed by atoms with Crippen LogP contribution in [0.25, 0.3) is 10.2 Å². The molecule has 2 aromatic rings. The summed E-state index contributed by atoms with van der Waals surface area (Å²) in [7, 11) is 2.16. The molecule has 2 heterocycles. The number of rotatable bonds is 5. The van der Waals surface area contributed by atoms with Gasteiger partial charge in [-0.2, -0.15) is 0 Å². The zero-order valence-corrected chi connectivity index (χ0v) is 13.5. The van der Waals surface area contributed by atoms with Crippen LogP contribution in [-0.4, -0.2) is 55.3 Å². The van der Waals surface area contributed by atoms with E-state index < -0.39 is 0 Å². The van der Waals surface area contributed by atoms with Crippen molar-refractivity contribution in [3.8, 4) is 0 Å². The Morgan fingerprint density at radius 1 is 1.48 bits per heavy atom. The standard InChI is InChI=1S/C16H23N3OS/c1-3-17-13(14-11-19(2)8-9-20-14)10-16-18-12-6-4-5-7-15(12)21-16/h4-7,13-14,17H,3,8-11H2,1-2H3. The highest BCUT2D eigenvalue weighted by Crippen LogP contribution is 2.23. The van der Waals surface area contributed by atoms with E-state index in [0.717, 1.165) is 38.2 Å². The molecule has 1 N–H and O–H groups in total. The van der Waals surface area contributed by atoms with Gasteiger partial charge in [0.15, 0.2) is 0 Å². The first-order valence-electron chi connectivity index (χ1n) is 7.64. The first-order chi connectivity index (χ1) is 10.3. The number of aromatic nitrogens is 1. The Morgan fingerprint density at radius 3 is 3.10 bits per heavy atom. The molecule has 21 heavy (non-hydrogen) atoms. The molecule has 1 aromatic heterocycles. The molecule has 0 bridgehead atoms. The molecule has 0 amide bonds. The van der Waals surface area contributed by atoms with E-state index in [-0.39, 0.29) is 6.10 Å². The lowest BCUT2D eigenvalue weighted by Gasteiger charge is -2.35. The molecule has 0 aliphatic carbocycles. The number of thiazole rings is 1. The molecule has 2 unspecified atom stereocenters. The Hall–Kier alpha value is -1.01. The smallest absolute Gasteiger partial charge is 0.0955 e. The number of hydrogen-bond acceptors (Lipinski definition) is 5. The number of benzene rings is 1. The van der Waals surface area contributed by atoms with Gasteiger partial charge in [0.2, 0.25) is 0 Å². The summed E-state index contributed by atoms with van der Waals surface area (Å²) < 4.78 is 7.25. The van der Waals surface area contributed by atoms with E-state index in [4.69, 9.17) is 9.72 Å². The SMILES string of the molecule is CCNC(Cc1nc2ccccc2s1)C1CN(C)CCO1. The first-order valence-corrected chi connectivity index (χ1v) is 8.46. The maximum Gasteiger partial charge on any atom is 0.0955 e. The molecular weight excluding hydrogens is 282 g/mol. The maximum atomic E-state index is 5.98. The van der Waals surface area contributed by atoms with Crippen LogP contribution in [0.4, 0.5) is 0 Å². The van der Waals surface area contributed by atoms with Gasteiger partial charge >= 0.3 is 0 Å². The van der Waals surface area contributed by atoms with E-state index in [2.05, 4.69) is 42.4 Å². The highest BCUT2D eigenvalue weighted by atomic mass is 32.1. The van der Waals surface area contributed by atoms with E-state index in [1.807, 2.05) is 6.07 Å². The summed E-state index contributed by atoms with van der Waals surface area (Å²) in [6, 6.07) is 8.68. The number of ether oxygens (including phenoxy) is 1. The van der Waals surface area contributed by atoms with Crippen molar-refractivity contribution in [2.24, 2.45) is 0 Å². The molecule has 1 aliphatic heterocycles. The predicted octanol–water partition coefficient (Wildman–Crippen LogP) is 2.15. The summed E-state index contributed by atoms with van der Waals surface area (Å²) in [4.78, 5) is 7.10. The normalized spacial score (nSPS) is 21.7. The van der Waals surface area contributed by atoms with Crippen LogP contribution < -0.4 is 5.32 Å². The fourth-order valence-corrected chi connectivity index (χ4v) is 3.87. The summed E-state index contributed by atoms with van der Waals surface area (Å²) >= 11 is 1.80. The topological polar surface area (TPSA) is 37.4 Å². The molecule has 1 saturated heterocycles. The second kappa shape index (κ2) is 6.83. The minimum atomic E-state index is 0.246. The molecule has 1 fully saturated rings. The van der Waals surface area contributed by atoms with Gasteiger partial charge in [-0.25, -0.2) is 4.98 Å². The van der Waals surface area contributed by atoms with Crippen LogP contribution in [-0.2, 0) is 11.2 Å². The van der Waals surface area contributed by atoms with E-state index in [1.165, 1.54) is 9.71 Å². The number of fused-ring (bicyclic) bond motifs is 1. The van der Waals surface area contributed by atoms with Crippen molar-refractivity contribution >= 4 is 21.6 Å². The second-order valence-corrected chi connectivity index (χ2v) is 6.73. The van der Waals surface area contributed by atoms with Gasteiger partial charge < -0.3 is 15.0 Å². The van der Waals surface area contributed by atoms with Crippen molar-refractivity contribution in [1.82, 2.24) is 15.2 Å². The van der Waals surface area contributed by atoms with Gasteiger partial charge in [-0.3, -0.25) is 0 Å². The quantitative estimate of drug-likeness (QED) is 0.918. The van der Waals surface area contributed by atoms with Gasteiger partial charge in [0.25, 0.3) is 0 Å². The van der Waals surface area contributed by atoms with Gasteiger partial charge in [-0.05, 0) is 25.7 Å². The molecule has 0 radical (unpaired) electrons. The van der Waals surface area contributed by atoms with Gasteiger partial charge in [-0.1, -0.05) is 19.1 Å². The highest BCUT2D eigenvalue weighted by molar-refractivity contribution is 7.18. The number of nitrogens with zero attached hydrogens (tertiary/aromatic N) is 2. The van der Waals surface area contributed by atoms with Crippen molar-refractivity contribution in [1.29, 1.82) is 0 Å². The summed E-state index contributed by atoms with van der Waals surface area (Å²) in [5.41, 5.74) is 1.11. The van der Waals surface area contributed by atoms with Crippen LogP contribution in [0.3, 0.4) is 0 Å². The molecular formula is C16H23N3OS. The van der Waals surface area contributed by atoms with Gasteiger partial charge in [0, 0.05) is 25.6 Å². The Kier molecular flexibility index (Phi) is 4.85. The monoisotopic (exact) mass is 305 g/mol. The zero-order chi connectivity index (χ0) is 14.7. The summed E-state index contributed by atoms with van der Waals surface area (Å²) in [5.74, 6) is 0. The van der Waals surface area contributed by atoms with E-state index in [9.17, 15) is 0 Å². The van der Waals surface area contributed by atoms with Crippen molar-refractivity contribution < 1.29 is 4.74 Å². The first kappa shape index (κ1) is 14.9.